The molecule has 0 radical (unpaired) electrons. The van der Waals surface area contributed by atoms with Crippen molar-refractivity contribution in [3.8, 4) is 5.69 Å². The second-order valence-electron chi connectivity index (χ2n) is 6.92. The molecule has 1 saturated heterocycles. The van der Waals surface area contributed by atoms with E-state index in [0.29, 0.717) is 11.6 Å². The molecular weight excluding hydrogens is 370 g/mol. The highest BCUT2D eigenvalue weighted by atomic mass is 16.5. The number of rotatable bonds is 5. The Bertz CT molecular complexity index is 1050. The third-order valence-electron chi connectivity index (χ3n) is 4.78. The number of primary amides is 1. The zero-order valence-electron chi connectivity index (χ0n) is 15.9. The van der Waals surface area contributed by atoms with Gasteiger partial charge in [0, 0.05) is 0 Å². The summed E-state index contributed by atoms with van der Waals surface area (Å²) in [5, 5.41) is 7.50. The molecule has 8 heteroatoms. The van der Waals surface area contributed by atoms with Crippen molar-refractivity contribution in [3.05, 3.63) is 77.4 Å². The van der Waals surface area contributed by atoms with Gasteiger partial charge in [-0.15, -0.1) is 0 Å². The Morgan fingerprint density at radius 1 is 1.21 bits per heavy atom. The van der Waals surface area contributed by atoms with Crippen molar-refractivity contribution in [1.82, 2.24) is 20.1 Å². The topological polar surface area (TPSA) is 112 Å². The van der Waals surface area contributed by atoms with Gasteiger partial charge in [-0.3, -0.25) is 9.59 Å². The van der Waals surface area contributed by atoms with Crippen LogP contribution >= 0.6 is 0 Å². The predicted molar refractivity (Wildman–Crippen MR) is 105 cm³/mol. The molecule has 148 valence electrons. The molecule has 3 N–H and O–H groups in total. The first-order valence-corrected chi connectivity index (χ1v) is 9.29. The summed E-state index contributed by atoms with van der Waals surface area (Å²) >= 11 is 0. The maximum atomic E-state index is 12.0. The molecule has 1 fully saturated rings. The number of nitrogens with zero attached hydrogens (tertiary/aromatic N) is 3. The predicted octanol–water partition coefficient (Wildman–Crippen LogP) is 1.53. The first kappa shape index (κ1) is 18.8. The lowest BCUT2D eigenvalue weighted by atomic mass is 9.99. The standard InChI is InChI=1S/C21H21N5O3/c1-13-7-5-6-10-15(13)26-21(23-17(25-26)11-16(22)27)20-19(24-18(28)12-29-20)14-8-3-2-4-9-14/h2-10,19-20H,11-12H2,1H3,(H2,22,27)(H,24,28)/t19-,20+/m1/s1. The minimum Gasteiger partial charge on any atom is -0.369 e. The summed E-state index contributed by atoms with van der Waals surface area (Å²) < 4.78 is 7.58. The van der Waals surface area contributed by atoms with E-state index in [1.165, 1.54) is 0 Å². The average molecular weight is 391 g/mol. The number of para-hydroxylation sites is 1. The van der Waals surface area contributed by atoms with Crippen LogP contribution in [0.25, 0.3) is 5.69 Å². The fourth-order valence-corrected chi connectivity index (χ4v) is 3.46. The molecule has 0 aliphatic carbocycles. The highest BCUT2D eigenvalue weighted by molar-refractivity contribution is 5.78. The average Bonchev–Trinajstić information content (AvgIpc) is 3.11. The lowest BCUT2D eigenvalue weighted by Crippen LogP contribution is -2.42. The van der Waals surface area contributed by atoms with Crippen molar-refractivity contribution in [3.63, 3.8) is 0 Å². The maximum absolute atomic E-state index is 12.0. The van der Waals surface area contributed by atoms with E-state index in [9.17, 15) is 9.59 Å². The molecule has 8 nitrogen and oxygen atoms in total. The van der Waals surface area contributed by atoms with E-state index in [1.54, 1.807) is 4.68 Å². The summed E-state index contributed by atoms with van der Waals surface area (Å²) in [6, 6.07) is 16.8. The van der Waals surface area contributed by atoms with Crippen LogP contribution in [0.3, 0.4) is 0 Å². The Balaban J connectivity index is 1.83. The van der Waals surface area contributed by atoms with Crippen molar-refractivity contribution >= 4 is 11.8 Å². The van der Waals surface area contributed by atoms with Crippen LogP contribution in [-0.2, 0) is 20.7 Å². The normalized spacial score (nSPS) is 19.0. The molecule has 4 rings (SSSR count). The third kappa shape index (κ3) is 3.88. The number of aryl methyl sites for hydroxylation is 1. The van der Waals surface area contributed by atoms with Crippen molar-refractivity contribution in [2.75, 3.05) is 6.61 Å². The number of hydrogen-bond donors (Lipinski definition) is 2. The number of morpholine rings is 1. The van der Waals surface area contributed by atoms with Crippen LogP contribution in [0.5, 0.6) is 0 Å². The Morgan fingerprint density at radius 2 is 1.93 bits per heavy atom. The quantitative estimate of drug-likeness (QED) is 0.685. The minimum absolute atomic E-state index is 0.0824. The fourth-order valence-electron chi connectivity index (χ4n) is 3.46. The molecule has 0 bridgehead atoms. The molecule has 1 aromatic heterocycles. The summed E-state index contributed by atoms with van der Waals surface area (Å²) in [5.41, 5.74) is 8.05. The summed E-state index contributed by atoms with van der Waals surface area (Å²) in [4.78, 5) is 28.1. The summed E-state index contributed by atoms with van der Waals surface area (Å²) in [6.07, 6.45) is -0.662. The maximum Gasteiger partial charge on any atom is 0.246 e. The van der Waals surface area contributed by atoms with Crippen LogP contribution in [0.4, 0.5) is 0 Å². The van der Waals surface area contributed by atoms with E-state index in [4.69, 9.17) is 10.5 Å². The monoisotopic (exact) mass is 391 g/mol. The first-order valence-electron chi connectivity index (χ1n) is 9.29. The molecule has 0 saturated carbocycles. The molecular formula is C21H21N5O3. The van der Waals surface area contributed by atoms with Crippen LogP contribution in [0, 0.1) is 6.92 Å². The Labute approximate surface area is 167 Å². The molecule has 2 aromatic carbocycles. The largest absolute Gasteiger partial charge is 0.369 e. The molecule has 29 heavy (non-hydrogen) atoms. The van der Waals surface area contributed by atoms with Gasteiger partial charge in [-0.2, -0.15) is 5.10 Å². The number of aromatic nitrogens is 3. The van der Waals surface area contributed by atoms with E-state index < -0.39 is 18.1 Å². The number of nitrogens with one attached hydrogen (secondary N) is 1. The first-order chi connectivity index (χ1) is 14.0. The lowest BCUT2D eigenvalue weighted by molar-refractivity contribution is -0.138. The molecule has 3 aromatic rings. The van der Waals surface area contributed by atoms with Crippen molar-refractivity contribution in [2.24, 2.45) is 5.73 Å². The van der Waals surface area contributed by atoms with E-state index >= 15 is 0 Å². The number of hydrogen-bond acceptors (Lipinski definition) is 5. The number of amides is 2. The Kier molecular flexibility index (Phi) is 5.09. The Hall–Kier alpha value is -3.52. The van der Waals surface area contributed by atoms with Crippen molar-refractivity contribution < 1.29 is 14.3 Å². The van der Waals surface area contributed by atoms with Crippen LogP contribution in [0.2, 0.25) is 0 Å². The van der Waals surface area contributed by atoms with Gasteiger partial charge in [0.25, 0.3) is 0 Å². The molecule has 2 atom stereocenters. The van der Waals surface area contributed by atoms with Crippen LogP contribution in [0.15, 0.2) is 54.6 Å². The summed E-state index contributed by atoms with van der Waals surface area (Å²) in [6.45, 7) is 1.88. The minimum atomic E-state index is -0.580. The number of benzene rings is 2. The van der Waals surface area contributed by atoms with Gasteiger partial charge >= 0.3 is 0 Å². The van der Waals surface area contributed by atoms with Crippen molar-refractivity contribution in [1.29, 1.82) is 0 Å². The summed E-state index contributed by atoms with van der Waals surface area (Å²) in [5.74, 6) is 0.0952. The second-order valence-corrected chi connectivity index (χ2v) is 6.92. The number of nitrogens with two attached hydrogens (primary N) is 1. The van der Waals surface area contributed by atoms with Crippen LogP contribution in [-0.4, -0.2) is 33.2 Å². The smallest absolute Gasteiger partial charge is 0.246 e. The van der Waals surface area contributed by atoms with Gasteiger partial charge in [0.2, 0.25) is 11.8 Å². The van der Waals surface area contributed by atoms with Gasteiger partial charge in [-0.25, -0.2) is 9.67 Å². The zero-order valence-corrected chi connectivity index (χ0v) is 15.9. The van der Waals surface area contributed by atoms with E-state index in [2.05, 4.69) is 15.4 Å². The lowest BCUT2D eigenvalue weighted by Gasteiger charge is -2.32. The Morgan fingerprint density at radius 3 is 2.66 bits per heavy atom. The fraction of sp³-hybridized carbons (Fsp3) is 0.238. The van der Waals surface area contributed by atoms with Gasteiger partial charge in [-0.1, -0.05) is 48.5 Å². The highest BCUT2D eigenvalue weighted by Crippen LogP contribution is 2.35. The molecule has 0 unspecified atom stereocenters. The van der Waals surface area contributed by atoms with Crippen LogP contribution < -0.4 is 11.1 Å². The number of carbonyl (C=O) groups excluding carboxylic acids is 2. The number of carbonyl (C=O) groups is 2. The van der Waals surface area contributed by atoms with Gasteiger partial charge in [0.15, 0.2) is 11.6 Å². The van der Waals surface area contributed by atoms with E-state index in [-0.39, 0.29) is 18.9 Å². The second kappa shape index (κ2) is 7.84. The molecule has 0 spiro atoms. The van der Waals surface area contributed by atoms with Crippen LogP contribution in [0.1, 0.15) is 34.9 Å². The number of ether oxygens (including phenoxy) is 1. The zero-order chi connectivity index (χ0) is 20.4. The van der Waals surface area contributed by atoms with Gasteiger partial charge in [-0.05, 0) is 24.1 Å². The molecule has 1 aliphatic heterocycles. The van der Waals surface area contributed by atoms with Gasteiger partial charge in [0.1, 0.15) is 12.7 Å². The SMILES string of the molecule is Cc1ccccc1-n1nc(CC(N)=O)nc1[C@H]1OCC(=O)N[C@@H]1c1ccccc1. The molecule has 1 aliphatic rings. The highest BCUT2D eigenvalue weighted by Gasteiger charge is 2.36. The van der Waals surface area contributed by atoms with Crippen molar-refractivity contribution in [2.45, 2.75) is 25.5 Å². The van der Waals surface area contributed by atoms with Gasteiger partial charge in [0.05, 0.1) is 18.2 Å². The van der Waals surface area contributed by atoms with E-state index in [1.807, 2.05) is 61.5 Å². The molecule has 2 heterocycles. The molecule has 2 amide bonds. The van der Waals surface area contributed by atoms with Gasteiger partial charge < -0.3 is 15.8 Å². The third-order valence-corrected chi connectivity index (χ3v) is 4.78. The van der Waals surface area contributed by atoms with E-state index in [0.717, 1.165) is 16.8 Å². The summed E-state index contributed by atoms with van der Waals surface area (Å²) in [7, 11) is 0.